The number of aliphatic imine (C=N–C) groups is 1. The van der Waals surface area contributed by atoms with Gasteiger partial charge in [0.1, 0.15) is 0 Å². The van der Waals surface area contributed by atoms with Gasteiger partial charge in [-0.25, -0.2) is 0 Å². The quantitative estimate of drug-likeness (QED) is 0.129. The Labute approximate surface area is 163 Å². The standard InChI is InChI=1S/C22H38INO/c1-18(2)17-21(19-11-7-5-8-12-19)22(25-23(3)4)15-16-24-20-13-9-6-10-14-20/h16-17,19-20H,5-15H2,1-4H3/b22-21-,24-16?. The van der Waals surface area contributed by atoms with E-state index in [-0.39, 0.29) is 0 Å². The van der Waals surface area contributed by atoms with Crippen LogP contribution >= 0.6 is 20.2 Å². The van der Waals surface area contributed by atoms with Crippen molar-refractivity contribution in [1.82, 2.24) is 0 Å². The summed E-state index contributed by atoms with van der Waals surface area (Å²) in [6.07, 6.45) is 18.9. The van der Waals surface area contributed by atoms with E-state index in [1.807, 2.05) is 0 Å². The zero-order valence-electron chi connectivity index (χ0n) is 16.8. The number of hydrogen-bond acceptors (Lipinski definition) is 2. The summed E-state index contributed by atoms with van der Waals surface area (Å²) in [7, 11) is 0. The van der Waals surface area contributed by atoms with Gasteiger partial charge in [-0.2, -0.15) is 0 Å². The third-order valence-electron chi connectivity index (χ3n) is 5.23. The second-order valence-corrected chi connectivity index (χ2v) is 12.4. The summed E-state index contributed by atoms with van der Waals surface area (Å²) in [5, 5.41) is 0. The molecule has 0 aromatic heterocycles. The van der Waals surface area contributed by atoms with Gasteiger partial charge < -0.3 is 0 Å². The normalized spacial score (nSPS) is 21.8. The molecule has 0 N–H and O–H groups in total. The van der Waals surface area contributed by atoms with Gasteiger partial charge in [-0.05, 0) is 0 Å². The van der Waals surface area contributed by atoms with Crippen LogP contribution in [0.3, 0.4) is 0 Å². The van der Waals surface area contributed by atoms with E-state index in [9.17, 15) is 0 Å². The predicted molar refractivity (Wildman–Crippen MR) is 120 cm³/mol. The van der Waals surface area contributed by atoms with Crippen LogP contribution in [0.2, 0.25) is 0 Å². The fourth-order valence-corrected chi connectivity index (χ4v) is 5.54. The molecule has 0 saturated heterocycles. The number of nitrogens with zero attached hydrogens (tertiary/aromatic N) is 1. The van der Waals surface area contributed by atoms with Crippen LogP contribution in [0.15, 0.2) is 28.0 Å². The molecule has 0 unspecified atom stereocenters. The summed E-state index contributed by atoms with van der Waals surface area (Å²) >= 11 is -1.28. The van der Waals surface area contributed by atoms with Crippen molar-refractivity contribution in [1.29, 1.82) is 0 Å². The zero-order chi connectivity index (χ0) is 18.1. The van der Waals surface area contributed by atoms with Crippen molar-refractivity contribution in [2.75, 3.05) is 9.86 Å². The maximum atomic E-state index is 6.46. The van der Waals surface area contributed by atoms with Gasteiger partial charge in [0.15, 0.2) is 0 Å². The Morgan fingerprint density at radius 2 is 1.56 bits per heavy atom. The average Bonchev–Trinajstić information content (AvgIpc) is 2.60. The number of hydrogen-bond donors (Lipinski definition) is 0. The first-order chi connectivity index (χ1) is 12.1. The average molecular weight is 459 g/mol. The van der Waals surface area contributed by atoms with Crippen molar-refractivity contribution in [3.8, 4) is 0 Å². The minimum absolute atomic E-state index is 0.564. The van der Waals surface area contributed by atoms with Gasteiger partial charge in [0.25, 0.3) is 0 Å². The Kier molecular flexibility index (Phi) is 9.57. The Morgan fingerprint density at radius 3 is 2.12 bits per heavy atom. The number of halogens is 1. The molecule has 2 rings (SSSR count). The van der Waals surface area contributed by atoms with E-state index in [1.165, 1.54) is 81.1 Å². The topological polar surface area (TPSA) is 21.6 Å². The van der Waals surface area contributed by atoms with E-state index in [0.29, 0.717) is 12.0 Å². The molecule has 0 bridgehead atoms. The van der Waals surface area contributed by atoms with Crippen LogP contribution in [-0.4, -0.2) is 22.1 Å². The van der Waals surface area contributed by atoms with E-state index in [4.69, 9.17) is 8.06 Å². The van der Waals surface area contributed by atoms with E-state index in [1.54, 1.807) is 0 Å². The summed E-state index contributed by atoms with van der Waals surface area (Å²) < 4.78 is 6.46. The Hall–Kier alpha value is -0.320. The third-order valence-corrected chi connectivity index (χ3v) is 6.64. The van der Waals surface area contributed by atoms with E-state index in [0.717, 1.165) is 6.42 Å². The van der Waals surface area contributed by atoms with Gasteiger partial charge in [-0.1, -0.05) is 0 Å². The van der Waals surface area contributed by atoms with Crippen molar-refractivity contribution in [3.63, 3.8) is 0 Å². The molecule has 0 heterocycles. The molecular weight excluding hydrogens is 421 g/mol. The van der Waals surface area contributed by atoms with E-state index >= 15 is 0 Å². The Balaban J connectivity index is 2.17. The van der Waals surface area contributed by atoms with Gasteiger partial charge in [-0.15, -0.1) is 0 Å². The van der Waals surface area contributed by atoms with Crippen molar-refractivity contribution in [2.24, 2.45) is 10.9 Å². The number of alkyl halides is 2. The molecule has 2 saturated carbocycles. The molecule has 3 heteroatoms. The van der Waals surface area contributed by atoms with Crippen molar-refractivity contribution in [3.05, 3.63) is 23.0 Å². The fraction of sp³-hybridized carbons (Fsp3) is 0.773. The molecule has 2 nitrogen and oxygen atoms in total. The first kappa shape index (κ1) is 21.0. The molecule has 0 spiro atoms. The second kappa shape index (κ2) is 11.4. The second-order valence-electron chi connectivity index (χ2n) is 8.03. The van der Waals surface area contributed by atoms with Gasteiger partial charge in [-0.3, -0.25) is 0 Å². The summed E-state index contributed by atoms with van der Waals surface area (Å²) in [5.74, 6) is 1.93. The third kappa shape index (κ3) is 7.84. The van der Waals surface area contributed by atoms with E-state index < -0.39 is 20.2 Å². The van der Waals surface area contributed by atoms with Crippen LogP contribution < -0.4 is 0 Å². The SMILES string of the molecule is CC(C)=C/C(=C(\CC=NC1CCCCC1)OI(C)C)C1CCCCC1. The molecule has 144 valence electrons. The van der Waals surface area contributed by atoms with Crippen LogP contribution in [0.25, 0.3) is 0 Å². The Morgan fingerprint density at radius 1 is 0.960 bits per heavy atom. The fourth-order valence-electron chi connectivity index (χ4n) is 4.05. The first-order valence-electron chi connectivity index (χ1n) is 10.1. The van der Waals surface area contributed by atoms with Gasteiger partial charge in [0.05, 0.1) is 0 Å². The molecule has 0 aromatic carbocycles. The maximum absolute atomic E-state index is 6.46. The van der Waals surface area contributed by atoms with Gasteiger partial charge >= 0.3 is 164 Å². The zero-order valence-corrected chi connectivity index (χ0v) is 19.0. The summed E-state index contributed by atoms with van der Waals surface area (Å²) in [5.41, 5.74) is 2.87. The van der Waals surface area contributed by atoms with Crippen molar-refractivity contribution in [2.45, 2.75) is 90.5 Å². The predicted octanol–water partition coefficient (Wildman–Crippen LogP) is 7.28. The van der Waals surface area contributed by atoms with Crippen molar-refractivity contribution >= 4 is 26.4 Å². The molecule has 2 aliphatic rings. The molecule has 0 amide bonds. The molecule has 0 atom stereocenters. The monoisotopic (exact) mass is 459 g/mol. The minimum atomic E-state index is -1.28. The first-order valence-corrected chi connectivity index (χ1v) is 15.3. The molecule has 2 aliphatic carbocycles. The van der Waals surface area contributed by atoms with E-state index in [2.05, 4.69) is 36.0 Å². The van der Waals surface area contributed by atoms with Crippen molar-refractivity contribution < 1.29 is 3.07 Å². The van der Waals surface area contributed by atoms with Crippen LogP contribution in [0.1, 0.15) is 84.5 Å². The van der Waals surface area contributed by atoms with Gasteiger partial charge in [0, 0.05) is 0 Å². The van der Waals surface area contributed by atoms with Crippen LogP contribution in [0.5, 0.6) is 0 Å². The summed E-state index contributed by atoms with van der Waals surface area (Å²) in [4.78, 5) is 9.48. The molecule has 0 radical (unpaired) electrons. The summed E-state index contributed by atoms with van der Waals surface area (Å²) in [6, 6.07) is 0.564. The molecule has 2 fully saturated rings. The number of allylic oxidation sites excluding steroid dienone is 4. The molecule has 0 aromatic rings. The Bertz CT molecular complexity index is 476. The molecule has 0 aliphatic heterocycles. The molecule has 25 heavy (non-hydrogen) atoms. The molecular formula is C22H38INO. The van der Waals surface area contributed by atoms with Gasteiger partial charge in [0.2, 0.25) is 0 Å². The summed E-state index contributed by atoms with van der Waals surface area (Å²) in [6.45, 7) is 4.43. The number of rotatable bonds is 7. The van der Waals surface area contributed by atoms with Crippen LogP contribution in [0, 0.1) is 5.92 Å². The van der Waals surface area contributed by atoms with Crippen LogP contribution in [-0.2, 0) is 3.07 Å². The van der Waals surface area contributed by atoms with Crippen LogP contribution in [0.4, 0.5) is 0 Å².